The first kappa shape index (κ1) is 8.74. The molecule has 0 fully saturated rings. The maximum Gasteiger partial charge on any atom is 0.229 e. The van der Waals surface area contributed by atoms with E-state index in [1.165, 1.54) is 0 Å². The molecule has 1 aromatic carbocycles. The van der Waals surface area contributed by atoms with Gasteiger partial charge in [0.2, 0.25) is 5.91 Å². The van der Waals surface area contributed by atoms with Crippen molar-refractivity contribution in [3.8, 4) is 0 Å². The highest BCUT2D eigenvalue weighted by Crippen LogP contribution is 2.13. The fourth-order valence-electron chi connectivity index (χ4n) is 0.913. The van der Waals surface area contributed by atoms with Crippen LogP contribution in [0.5, 0.6) is 0 Å². The average molecular weight is 163 g/mol. The van der Waals surface area contributed by atoms with E-state index in [9.17, 15) is 4.79 Å². The minimum Gasteiger partial charge on any atom is -0.392 e. The van der Waals surface area contributed by atoms with Crippen LogP contribution in [-0.4, -0.2) is 11.0 Å². The molecule has 0 unspecified atom stereocenters. The molecule has 2 radical (unpaired) electrons. The molecule has 0 spiro atoms. The number of hydrogen-bond donors (Lipinski definition) is 2. The third kappa shape index (κ3) is 2.07. The number of para-hydroxylation sites is 1. The molecule has 1 amide bonds. The van der Waals surface area contributed by atoms with Crippen molar-refractivity contribution < 1.29 is 9.90 Å². The predicted molar refractivity (Wildman–Crippen MR) is 45.3 cm³/mol. The van der Waals surface area contributed by atoms with E-state index >= 15 is 0 Å². The monoisotopic (exact) mass is 163 g/mol. The second-order valence-electron chi connectivity index (χ2n) is 2.30. The Bertz CT molecular complexity index is 284. The molecule has 3 heteroatoms. The Labute approximate surface area is 71.0 Å². The molecular formula is C9H9NO2. The molecule has 0 aliphatic heterocycles. The molecule has 0 heterocycles. The molecule has 0 saturated heterocycles. The van der Waals surface area contributed by atoms with Crippen molar-refractivity contribution in [2.45, 2.75) is 6.61 Å². The average Bonchev–Trinajstić information content (AvgIpc) is 2.04. The van der Waals surface area contributed by atoms with E-state index in [-0.39, 0.29) is 6.61 Å². The zero-order valence-corrected chi connectivity index (χ0v) is 6.45. The highest BCUT2D eigenvalue weighted by atomic mass is 16.3. The lowest BCUT2D eigenvalue weighted by molar-refractivity contribution is -0.112. The number of aliphatic hydroxyl groups excluding tert-OH is 1. The molecule has 0 bridgehead atoms. The Balaban J connectivity index is 2.89. The highest BCUT2D eigenvalue weighted by Gasteiger charge is 2.00. The van der Waals surface area contributed by atoms with E-state index in [0.717, 1.165) is 0 Å². The van der Waals surface area contributed by atoms with Crippen LogP contribution in [0.1, 0.15) is 5.56 Å². The van der Waals surface area contributed by atoms with Crippen molar-refractivity contribution in [3.05, 3.63) is 36.8 Å². The van der Waals surface area contributed by atoms with Crippen molar-refractivity contribution in [2.24, 2.45) is 0 Å². The summed E-state index contributed by atoms with van der Waals surface area (Å²) in [6.07, 6.45) is 0. The number of benzene rings is 1. The summed E-state index contributed by atoms with van der Waals surface area (Å²) in [5, 5.41) is 11.2. The molecule has 0 saturated carbocycles. The van der Waals surface area contributed by atoms with Crippen LogP contribution >= 0.6 is 0 Å². The number of rotatable bonds is 2. The molecule has 0 aromatic heterocycles. The van der Waals surface area contributed by atoms with Gasteiger partial charge in [-0.2, -0.15) is 0 Å². The number of carbonyl (C=O) groups excluding carboxylic acids is 1. The summed E-state index contributed by atoms with van der Waals surface area (Å²) in [6, 6.07) is 6.92. The van der Waals surface area contributed by atoms with E-state index in [0.29, 0.717) is 11.3 Å². The Kier molecular flexibility index (Phi) is 2.82. The topological polar surface area (TPSA) is 49.3 Å². The number of aliphatic hydroxyl groups is 1. The van der Waals surface area contributed by atoms with Crippen molar-refractivity contribution in [3.63, 3.8) is 0 Å². The first-order valence-electron chi connectivity index (χ1n) is 3.49. The molecule has 0 aliphatic carbocycles. The van der Waals surface area contributed by atoms with Crippen LogP contribution in [0.4, 0.5) is 5.69 Å². The molecule has 12 heavy (non-hydrogen) atoms. The molecule has 0 atom stereocenters. The van der Waals surface area contributed by atoms with Crippen LogP contribution in [0.25, 0.3) is 0 Å². The summed E-state index contributed by atoms with van der Waals surface area (Å²) in [6.45, 7) is 4.80. The van der Waals surface area contributed by atoms with Crippen LogP contribution in [0.2, 0.25) is 0 Å². The standard InChI is InChI=1S/C9H9NO2/c1-7(12)10-9-5-3-2-4-8(9)6-11/h1-5,11H,6H2,(H,10,12). The fourth-order valence-corrected chi connectivity index (χ4v) is 0.913. The minimum atomic E-state index is -0.629. The summed E-state index contributed by atoms with van der Waals surface area (Å²) >= 11 is 0. The number of carbonyl (C=O) groups is 1. The van der Waals surface area contributed by atoms with E-state index in [1.54, 1.807) is 24.3 Å². The molecule has 2 N–H and O–H groups in total. The van der Waals surface area contributed by atoms with Crippen LogP contribution < -0.4 is 5.32 Å². The van der Waals surface area contributed by atoms with Gasteiger partial charge in [0.1, 0.15) is 0 Å². The van der Waals surface area contributed by atoms with Crippen molar-refractivity contribution in [1.29, 1.82) is 0 Å². The van der Waals surface area contributed by atoms with Gasteiger partial charge >= 0.3 is 0 Å². The summed E-state index contributed by atoms with van der Waals surface area (Å²) in [5.74, 6) is -0.629. The largest absolute Gasteiger partial charge is 0.392 e. The lowest BCUT2D eigenvalue weighted by Crippen LogP contribution is -2.08. The third-order valence-electron chi connectivity index (χ3n) is 1.45. The predicted octanol–water partition coefficient (Wildman–Crippen LogP) is 0.828. The Morgan fingerprint density at radius 1 is 1.50 bits per heavy atom. The van der Waals surface area contributed by atoms with Gasteiger partial charge in [-0.25, -0.2) is 0 Å². The molecular weight excluding hydrogens is 154 g/mol. The van der Waals surface area contributed by atoms with Crippen LogP contribution in [0.3, 0.4) is 0 Å². The quantitative estimate of drug-likeness (QED) is 0.678. The van der Waals surface area contributed by atoms with Crippen LogP contribution in [0, 0.1) is 6.92 Å². The number of anilines is 1. The SMILES string of the molecule is [CH]C(=O)Nc1ccccc1CO. The molecule has 0 aliphatic rings. The lowest BCUT2D eigenvalue weighted by atomic mass is 10.2. The lowest BCUT2D eigenvalue weighted by Gasteiger charge is -2.05. The van der Waals surface area contributed by atoms with Crippen molar-refractivity contribution in [1.82, 2.24) is 0 Å². The maximum absolute atomic E-state index is 10.5. The second-order valence-corrected chi connectivity index (χ2v) is 2.30. The van der Waals surface area contributed by atoms with Gasteiger partial charge in [0, 0.05) is 11.3 Å². The minimum absolute atomic E-state index is 0.115. The Morgan fingerprint density at radius 3 is 2.75 bits per heavy atom. The number of nitrogens with one attached hydrogen (secondary N) is 1. The second kappa shape index (κ2) is 3.88. The van der Waals surface area contributed by atoms with Gasteiger partial charge in [0.25, 0.3) is 0 Å². The summed E-state index contributed by atoms with van der Waals surface area (Å²) in [4.78, 5) is 10.5. The van der Waals surface area contributed by atoms with Crippen molar-refractivity contribution >= 4 is 11.6 Å². The Hall–Kier alpha value is -1.35. The highest BCUT2D eigenvalue weighted by molar-refractivity contribution is 5.94. The van der Waals surface area contributed by atoms with Crippen molar-refractivity contribution in [2.75, 3.05) is 5.32 Å². The molecule has 1 rings (SSSR count). The van der Waals surface area contributed by atoms with Gasteiger partial charge in [0.15, 0.2) is 0 Å². The van der Waals surface area contributed by atoms with Gasteiger partial charge in [-0.3, -0.25) is 4.79 Å². The summed E-state index contributed by atoms with van der Waals surface area (Å²) in [7, 11) is 0. The normalized spacial score (nSPS) is 9.50. The fraction of sp³-hybridized carbons (Fsp3) is 0.111. The zero-order chi connectivity index (χ0) is 8.97. The zero-order valence-electron chi connectivity index (χ0n) is 6.45. The number of hydrogen-bond acceptors (Lipinski definition) is 2. The van der Waals surface area contributed by atoms with E-state index in [2.05, 4.69) is 5.32 Å². The summed E-state index contributed by atoms with van der Waals surface area (Å²) < 4.78 is 0. The van der Waals surface area contributed by atoms with Gasteiger partial charge in [-0.05, 0) is 6.07 Å². The summed E-state index contributed by atoms with van der Waals surface area (Å²) in [5.41, 5.74) is 1.20. The maximum atomic E-state index is 10.5. The smallest absolute Gasteiger partial charge is 0.229 e. The van der Waals surface area contributed by atoms with E-state index in [4.69, 9.17) is 12.0 Å². The van der Waals surface area contributed by atoms with Crippen LogP contribution in [0.15, 0.2) is 24.3 Å². The molecule has 3 nitrogen and oxygen atoms in total. The van der Waals surface area contributed by atoms with E-state index < -0.39 is 5.91 Å². The third-order valence-corrected chi connectivity index (χ3v) is 1.45. The van der Waals surface area contributed by atoms with Gasteiger partial charge < -0.3 is 10.4 Å². The first-order chi connectivity index (χ1) is 5.74. The van der Waals surface area contributed by atoms with E-state index in [1.807, 2.05) is 0 Å². The Morgan fingerprint density at radius 2 is 2.17 bits per heavy atom. The van der Waals surface area contributed by atoms with Crippen LogP contribution in [-0.2, 0) is 11.4 Å². The molecule has 1 aromatic rings. The van der Waals surface area contributed by atoms with Gasteiger partial charge in [-0.1, -0.05) is 18.2 Å². The number of amides is 1. The first-order valence-corrected chi connectivity index (χ1v) is 3.49. The molecule has 62 valence electrons. The van der Waals surface area contributed by atoms with Gasteiger partial charge in [0.05, 0.1) is 13.5 Å². The van der Waals surface area contributed by atoms with Gasteiger partial charge in [-0.15, -0.1) is 0 Å².